The van der Waals surface area contributed by atoms with Crippen LogP contribution in [0.4, 0.5) is 5.95 Å². The highest BCUT2D eigenvalue weighted by atomic mass is 79.9. The topological polar surface area (TPSA) is 70.7 Å². The van der Waals surface area contributed by atoms with Crippen LogP contribution in [-0.2, 0) is 0 Å². The van der Waals surface area contributed by atoms with E-state index in [0.717, 1.165) is 0 Å². The molecule has 0 fully saturated rings. The number of nitrogens with zero attached hydrogens (tertiary/aromatic N) is 2. The predicted molar refractivity (Wildman–Crippen MR) is 58.5 cm³/mol. The van der Waals surface area contributed by atoms with Gasteiger partial charge in [-0.2, -0.15) is 0 Å². The molecule has 2 rings (SSSR count). The van der Waals surface area contributed by atoms with Crippen molar-refractivity contribution in [2.75, 3.05) is 5.32 Å². The van der Waals surface area contributed by atoms with Crippen molar-refractivity contribution in [3.63, 3.8) is 0 Å². The molecule has 0 aliphatic rings. The molecule has 0 saturated carbocycles. The largest absolute Gasteiger partial charge is 0.331 e. The van der Waals surface area contributed by atoms with Gasteiger partial charge < -0.3 is 4.98 Å². The first-order valence-electron chi connectivity index (χ1n) is 4.19. The van der Waals surface area contributed by atoms with Gasteiger partial charge in [-0.1, -0.05) is 6.07 Å². The maximum Gasteiger partial charge on any atom is 0.276 e. The molecule has 0 bridgehead atoms. The summed E-state index contributed by atoms with van der Waals surface area (Å²) in [7, 11) is 0. The molecule has 0 saturated heterocycles. The van der Waals surface area contributed by atoms with Crippen molar-refractivity contribution in [2.45, 2.75) is 0 Å². The van der Waals surface area contributed by atoms with Crippen molar-refractivity contribution in [1.82, 2.24) is 15.0 Å². The number of nitrogens with one attached hydrogen (secondary N) is 2. The number of hydrogen-bond acceptors (Lipinski definition) is 3. The monoisotopic (exact) mass is 266 g/mol. The van der Waals surface area contributed by atoms with Crippen LogP contribution in [0, 0.1) is 0 Å². The molecule has 6 heteroatoms. The van der Waals surface area contributed by atoms with Gasteiger partial charge in [-0.15, -0.1) is 0 Å². The molecule has 0 aliphatic carbocycles. The van der Waals surface area contributed by atoms with Crippen LogP contribution in [0.5, 0.6) is 0 Å². The number of carbonyl (C=O) groups excluding carboxylic acids is 1. The Bertz CT molecular complexity index is 469. The van der Waals surface area contributed by atoms with Crippen molar-refractivity contribution < 1.29 is 4.79 Å². The molecular weight excluding hydrogens is 260 g/mol. The Labute approximate surface area is 94.1 Å². The fourth-order valence-corrected chi connectivity index (χ4v) is 1.38. The number of anilines is 1. The van der Waals surface area contributed by atoms with E-state index in [1.54, 1.807) is 30.6 Å². The van der Waals surface area contributed by atoms with Gasteiger partial charge in [-0.25, -0.2) is 9.97 Å². The van der Waals surface area contributed by atoms with Crippen LogP contribution in [0.3, 0.4) is 0 Å². The highest BCUT2D eigenvalue weighted by molar-refractivity contribution is 9.10. The Morgan fingerprint density at radius 1 is 1.47 bits per heavy atom. The van der Waals surface area contributed by atoms with Crippen LogP contribution in [0.15, 0.2) is 35.2 Å². The van der Waals surface area contributed by atoms with Crippen LogP contribution in [0.25, 0.3) is 0 Å². The first-order valence-corrected chi connectivity index (χ1v) is 4.98. The lowest BCUT2D eigenvalue weighted by molar-refractivity contribution is 0.102. The second-order valence-electron chi connectivity index (χ2n) is 2.74. The van der Waals surface area contributed by atoms with E-state index in [1.165, 1.54) is 0 Å². The van der Waals surface area contributed by atoms with Gasteiger partial charge in [-0.3, -0.25) is 10.1 Å². The SMILES string of the molecule is O=C(Nc1ncc[nH]1)c1cccc(Br)n1. The Balaban J connectivity index is 2.15. The van der Waals surface area contributed by atoms with E-state index in [-0.39, 0.29) is 5.91 Å². The third kappa shape index (κ3) is 2.41. The number of halogens is 1. The molecule has 2 aromatic rings. The van der Waals surface area contributed by atoms with Crippen molar-refractivity contribution in [3.05, 3.63) is 40.9 Å². The highest BCUT2D eigenvalue weighted by Crippen LogP contribution is 2.07. The zero-order valence-electron chi connectivity index (χ0n) is 7.57. The van der Waals surface area contributed by atoms with Gasteiger partial charge in [0, 0.05) is 12.4 Å². The number of aromatic amines is 1. The van der Waals surface area contributed by atoms with Gasteiger partial charge in [0.15, 0.2) is 0 Å². The van der Waals surface area contributed by atoms with Crippen LogP contribution in [0.2, 0.25) is 0 Å². The molecule has 0 atom stereocenters. The lowest BCUT2D eigenvalue weighted by Crippen LogP contribution is -2.14. The normalized spacial score (nSPS) is 9.93. The van der Waals surface area contributed by atoms with Crippen LogP contribution in [0.1, 0.15) is 10.5 Å². The van der Waals surface area contributed by atoms with Crippen LogP contribution >= 0.6 is 15.9 Å². The summed E-state index contributed by atoms with van der Waals surface area (Å²) in [5.74, 6) is 0.105. The van der Waals surface area contributed by atoms with Gasteiger partial charge in [-0.05, 0) is 28.1 Å². The van der Waals surface area contributed by atoms with Crippen LogP contribution < -0.4 is 5.32 Å². The van der Waals surface area contributed by atoms with Crippen molar-refractivity contribution >= 4 is 27.8 Å². The van der Waals surface area contributed by atoms with Crippen molar-refractivity contribution in [1.29, 1.82) is 0 Å². The smallest absolute Gasteiger partial charge is 0.276 e. The number of amides is 1. The molecule has 0 radical (unpaired) electrons. The molecule has 76 valence electrons. The first-order chi connectivity index (χ1) is 7.25. The minimum Gasteiger partial charge on any atom is -0.331 e. The molecule has 0 aromatic carbocycles. The molecule has 2 aromatic heterocycles. The molecule has 0 aliphatic heterocycles. The molecule has 15 heavy (non-hydrogen) atoms. The average molecular weight is 267 g/mol. The van der Waals surface area contributed by atoms with E-state index in [9.17, 15) is 4.79 Å². The molecule has 0 spiro atoms. The predicted octanol–water partition coefficient (Wildman–Crippen LogP) is 1.82. The molecule has 2 N–H and O–H groups in total. The summed E-state index contributed by atoms with van der Waals surface area (Å²) in [5.41, 5.74) is 0.334. The Kier molecular flexibility index (Phi) is 2.77. The molecule has 5 nitrogen and oxygen atoms in total. The summed E-state index contributed by atoms with van der Waals surface area (Å²) in [6.45, 7) is 0. The first kappa shape index (κ1) is 9.85. The van der Waals surface area contributed by atoms with E-state index < -0.39 is 0 Å². The third-order valence-electron chi connectivity index (χ3n) is 1.68. The Morgan fingerprint density at radius 3 is 3.00 bits per heavy atom. The van der Waals surface area contributed by atoms with Crippen molar-refractivity contribution in [2.24, 2.45) is 0 Å². The zero-order chi connectivity index (χ0) is 10.7. The molecule has 0 unspecified atom stereocenters. The van der Waals surface area contributed by atoms with E-state index in [4.69, 9.17) is 0 Å². The van der Waals surface area contributed by atoms with Gasteiger partial charge in [0.05, 0.1) is 0 Å². The fraction of sp³-hybridized carbons (Fsp3) is 0. The maximum atomic E-state index is 11.6. The summed E-state index contributed by atoms with van der Waals surface area (Å²) in [6.07, 6.45) is 3.19. The molecule has 1 amide bonds. The standard InChI is InChI=1S/C9H7BrN4O/c10-7-3-1-2-6(13-7)8(15)14-9-11-4-5-12-9/h1-5H,(H2,11,12,14,15). The van der Waals surface area contributed by atoms with Gasteiger partial charge in [0.25, 0.3) is 5.91 Å². The van der Waals surface area contributed by atoms with E-state index in [1.807, 2.05) is 0 Å². The van der Waals surface area contributed by atoms with Gasteiger partial charge >= 0.3 is 0 Å². The average Bonchev–Trinajstić information content (AvgIpc) is 2.70. The third-order valence-corrected chi connectivity index (χ3v) is 2.12. The Hall–Kier alpha value is -1.69. The summed E-state index contributed by atoms with van der Waals surface area (Å²) in [6, 6.07) is 5.13. The van der Waals surface area contributed by atoms with Gasteiger partial charge in [0.2, 0.25) is 5.95 Å². The van der Waals surface area contributed by atoms with Gasteiger partial charge in [0.1, 0.15) is 10.3 Å². The van der Waals surface area contributed by atoms with Crippen LogP contribution in [-0.4, -0.2) is 20.9 Å². The number of H-pyrrole nitrogens is 1. The summed E-state index contributed by atoms with van der Waals surface area (Å²) < 4.78 is 0.620. The number of hydrogen-bond donors (Lipinski definition) is 2. The zero-order valence-corrected chi connectivity index (χ0v) is 9.15. The van der Waals surface area contributed by atoms with E-state index in [2.05, 4.69) is 36.2 Å². The van der Waals surface area contributed by atoms with E-state index >= 15 is 0 Å². The summed E-state index contributed by atoms with van der Waals surface area (Å²) >= 11 is 3.19. The van der Waals surface area contributed by atoms with Crippen molar-refractivity contribution in [3.8, 4) is 0 Å². The number of pyridine rings is 1. The molecule has 2 heterocycles. The number of aromatic nitrogens is 3. The highest BCUT2D eigenvalue weighted by Gasteiger charge is 2.08. The summed E-state index contributed by atoms with van der Waals surface area (Å²) in [5, 5.41) is 2.58. The lowest BCUT2D eigenvalue weighted by atomic mass is 10.3. The Morgan fingerprint density at radius 2 is 2.33 bits per heavy atom. The second-order valence-corrected chi connectivity index (χ2v) is 3.55. The molecular formula is C9H7BrN4O. The number of imidazole rings is 1. The minimum atomic E-state index is -0.300. The maximum absolute atomic E-state index is 11.6. The summed E-state index contributed by atoms with van der Waals surface area (Å²) in [4.78, 5) is 22.3. The lowest BCUT2D eigenvalue weighted by Gasteiger charge is -2.00. The van der Waals surface area contributed by atoms with E-state index in [0.29, 0.717) is 16.2 Å². The number of carbonyl (C=O) groups is 1. The number of rotatable bonds is 2. The fourth-order valence-electron chi connectivity index (χ4n) is 1.04. The quantitative estimate of drug-likeness (QED) is 0.815. The minimum absolute atomic E-state index is 0.300. The second kappa shape index (κ2) is 4.22.